The summed E-state index contributed by atoms with van der Waals surface area (Å²) < 4.78 is 15.2. The van der Waals surface area contributed by atoms with E-state index >= 15 is 0 Å². The van der Waals surface area contributed by atoms with Gasteiger partial charge in [-0.1, -0.05) is 12.1 Å². The molecule has 1 aromatic heterocycles. The SMILES string of the molecule is COC(=O)[C@H](Cc1ccc(OC)cc1)NCc1ccco1. The van der Waals surface area contributed by atoms with E-state index in [0.29, 0.717) is 13.0 Å². The van der Waals surface area contributed by atoms with Crippen molar-refractivity contribution in [3.8, 4) is 5.75 Å². The molecule has 0 amide bonds. The number of carbonyl (C=O) groups is 1. The average molecular weight is 289 g/mol. The third kappa shape index (κ3) is 4.36. The third-order valence-corrected chi connectivity index (χ3v) is 3.19. The summed E-state index contributed by atoms with van der Waals surface area (Å²) in [6.45, 7) is 0.475. The lowest BCUT2D eigenvalue weighted by Gasteiger charge is -2.16. The molecule has 5 heteroatoms. The van der Waals surface area contributed by atoms with Gasteiger partial charge in [-0.05, 0) is 36.2 Å². The maximum absolute atomic E-state index is 11.9. The van der Waals surface area contributed by atoms with Crippen LogP contribution in [0, 0.1) is 0 Å². The Kier molecular flexibility index (Phi) is 5.40. The van der Waals surface area contributed by atoms with Gasteiger partial charge >= 0.3 is 5.97 Å². The maximum Gasteiger partial charge on any atom is 0.323 e. The minimum absolute atomic E-state index is 0.294. The van der Waals surface area contributed by atoms with Crippen molar-refractivity contribution in [2.45, 2.75) is 19.0 Å². The van der Waals surface area contributed by atoms with Gasteiger partial charge in [0.15, 0.2) is 0 Å². The summed E-state index contributed by atoms with van der Waals surface area (Å²) in [7, 11) is 3.01. The molecule has 0 radical (unpaired) electrons. The van der Waals surface area contributed by atoms with Crippen LogP contribution in [0.2, 0.25) is 0 Å². The van der Waals surface area contributed by atoms with Crippen LogP contribution in [-0.4, -0.2) is 26.2 Å². The van der Waals surface area contributed by atoms with Crippen LogP contribution in [0.3, 0.4) is 0 Å². The number of methoxy groups -OCH3 is 2. The Bertz CT molecular complexity index is 548. The second-order valence-corrected chi connectivity index (χ2v) is 4.59. The fraction of sp³-hybridized carbons (Fsp3) is 0.312. The number of benzene rings is 1. The number of nitrogens with one attached hydrogen (secondary N) is 1. The Morgan fingerprint density at radius 3 is 2.57 bits per heavy atom. The predicted octanol–water partition coefficient (Wildman–Crippen LogP) is 2.16. The number of ether oxygens (including phenoxy) is 2. The molecule has 0 fully saturated rings. The number of furan rings is 1. The third-order valence-electron chi connectivity index (χ3n) is 3.19. The fourth-order valence-corrected chi connectivity index (χ4v) is 2.02. The van der Waals surface area contributed by atoms with Crippen molar-refractivity contribution in [2.75, 3.05) is 14.2 Å². The number of hydrogen-bond donors (Lipinski definition) is 1. The van der Waals surface area contributed by atoms with Crippen LogP contribution in [-0.2, 0) is 22.5 Å². The molecule has 0 spiro atoms. The van der Waals surface area contributed by atoms with Gasteiger partial charge in [0.2, 0.25) is 0 Å². The van der Waals surface area contributed by atoms with E-state index in [1.54, 1.807) is 13.4 Å². The van der Waals surface area contributed by atoms with E-state index in [9.17, 15) is 4.79 Å². The van der Waals surface area contributed by atoms with Gasteiger partial charge in [-0.25, -0.2) is 0 Å². The molecule has 2 rings (SSSR count). The molecule has 0 unspecified atom stereocenters. The van der Waals surface area contributed by atoms with Crippen LogP contribution in [0.25, 0.3) is 0 Å². The minimum Gasteiger partial charge on any atom is -0.497 e. The first kappa shape index (κ1) is 15.1. The molecule has 2 aromatic rings. The van der Waals surface area contributed by atoms with Crippen LogP contribution in [0.15, 0.2) is 47.1 Å². The van der Waals surface area contributed by atoms with Gasteiger partial charge < -0.3 is 13.9 Å². The molecule has 0 saturated heterocycles. The molecule has 1 atom stereocenters. The maximum atomic E-state index is 11.9. The smallest absolute Gasteiger partial charge is 0.323 e. The molecule has 0 aliphatic heterocycles. The fourth-order valence-electron chi connectivity index (χ4n) is 2.02. The minimum atomic E-state index is -0.423. The summed E-state index contributed by atoms with van der Waals surface area (Å²) in [5, 5.41) is 3.15. The lowest BCUT2D eigenvalue weighted by Crippen LogP contribution is -2.38. The van der Waals surface area contributed by atoms with Gasteiger partial charge in [0.05, 0.1) is 27.0 Å². The second-order valence-electron chi connectivity index (χ2n) is 4.59. The second kappa shape index (κ2) is 7.50. The lowest BCUT2D eigenvalue weighted by atomic mass is 10.1. The molecule has 0 bridgehead atoms. The topological polar surface area (TPSA) is 60.7 Å². The monoisotopic (exact) mass is 289 g/mol. The standard InChI is InChI=1S/C16H19NO4/c1-19-13-7-5-12(6-8-13)10-15(16(18)20-2)17-11-14-4-3-9-21-14/h3-9,15,17H,10-11H2,1-2H3/t15-/m0/s1. The highest BCUT2D eigenvalue weighted by atomic mass is 16.5. The van der Waals surface area contributed by atoms with Gasteiger partial charge in [-0.2, -0.15) is 0 Å². The zero-order valence-corrected chi connectivity index (χ0v) is 12.2. The van der Waals surface area contributed by atoms with Crippen molar-refractivity contribution < 1.29 is 18.7 Å². The molecular formula is C16H19NO4. The first-order valence-corrected chi connectivity index (χ1v) is 6.69. The lowest BCUT2D eigenvalue weighted by molar-refractivity contribution is -0.143. The first-order chi connectivity index (χ1) is 10.2. The highest BCUT2D eigenvalue weighted by molar-refractivity contribution is 5.76. The summed E-state index contributed by atoms with van der Waals surface area (Å²) in [5.74, 6) is 1.27. The molecule has 0 aliphatic rings. The van der Waals surface area contributed by atoms with E-state index in [-0.39, 0.29) is 5.97 Å². The predicted molar refractivity (Wildman–Crippen MR) is 78.0 cm³/mol. The average Bonchev–Trinajstić information content (AvgIpc) is 3.04. The van der Waals surface area contributed by atoms with Gasteiger partial charge in [0.1, 0.15) is 17.6 Å². The summed E-state index contributed by atoms with van der Waals surface area (Å²) in [6.07, 6.45) is 2.14. The zero-order chi connectivity index (χ0) is 15.1. The summed E-state index contributed by atoms with van der Waals surface area (Å²) in [6, 6.07) is 10.9. The molecule has 1 heterocycles. The highest BCUT2D eigenvalue weighted by Gasteiger charge is 2.19. The normalized spacial score (nSPS) is 11.9. The molecule has 21 heavy (non-hydrogen) atoms. The van der Waals surface area contributed by atoms with Gasteiger partial charge in [0, 0.05) is 0 Å². The van der Waals surface area contributed by atoms with Crippen LogP contribution in [0.1, 0.15) is 11.3 Å². The zero-order valence-electron chi connectivity index (χ0n) is 12.2. The molecular weight excluding hydrogens is 270 g/mol. The molecule has 1 aromatic carbocycles. The summed E-state index contributed by atoms with van der Waals surface area (Å²) >= 11 is 0. The van der Waals surface area contributed by atoms with Gasteiger partial charge in [-0.3, -0.25) is 10.1 Å². The van der Waals surface area contributed by atoms with E-state index in [1.807, 2.05) is 36.4 Å². The molecule has 5 nitrogen and oxygen atoms in total. The van der Waals surface area contributed by atoms with Crippen LogP contribution in [0.4, 0.5) is 0 Å². The Morgan fingerprint density at radius 1 is 1.24 bits per heavy atom. The van der Waals surface area contributed by atoms with Crippen molar-refractivity contribution in [1.82, 2.24) is 5.32 Å². The Balaban J connectivity index is 1.99. The van der Waals surface area contributed by atoms with Gasteiger partial charge in [-0.15, -0.1) is 0 Å². The van der Waals surface area contributed by atoms with Gasteiger partial charge in [0.25, 0.3) is 0 Å². The number of esters is 1. The summed E-state index contributed by atoms with van der Waals surface area (Å²) in [4.78, 5) is 11.9. The number of carbonyl (C=O) groups excluding carboxylic acids is 1. The molecule has 112 valence electrons. The van der Waals surface area contributed by atoms with E-state index in [0.717, 1.165) is 17.1 Å². The first-order valence-electron chi connectivity index (χ1n) is 6.69. The van der Waals surface area contributed by atoms with Crippen molar-refractivity contribution >= 4 is 5.97 Å². The quantitative estimate of drug-likeness (QED) is 0.791. The van der Waals surface area contributed by atoms with Crippen molar-refractivity contribution in [3.05, 3.63) is 54.0 Å². The van der Waals surface area contributed by atoms with Crippen LogP contribution in [0.5, 0.6) is 5.75 Å². The van der Waals surface area contributed by atoms with Crippen LogP contribution < -0.4 is 10.1 Å². The van der Waals surface area contributed by atoms with Crippen molar-refractivity contribution in [3.63, 3.8) is 0 Å². The van der Waals surface area contributed by atoms with E-state index in [2.05, 4.69) is 5.32 Å². The summed E-state index contributed by atoms with van der Waals surface area (Å²) in [5.41, 5.74) is 1.03. The Hall–Kier alpha value is -2.27. The Labute approximate surface area is 123 Å². The highest BCUT2D eigenvalue weighted by Crippen LogP contribution is 2.13. The molecule has 1 N–H and O–H groups in total. The van der Waals surface area contributed by atoms with Crippen molar-refractivity contribution in [2.24, 2.45) is 0 Å². The van der Waals surface area contributed by atoms with E-state index in [4.69, 9.17) is 13.9 Å². The Morgan fingerprint density at radius 2 is 2.00 bits per heavy atom. The van der Waals surface area contributed by atoms with Crippen LogP contribution >= 0.6 is 0 Å². The van der Waals surface area contributed by atoms with E-state index in [1.165, 1.54) is 7.11 Å². The number of hydrogen-bond acceptors (Lipinski definition) is 5. The molecule has 0 aliphatic carbocycles. The van der Waals surface area contributed by atoms with E-state index < -0.39 is 6.04 Å². The number of rotatable bonds is 7. The van der Waals surface area contributed by atoms with Crippen molar-refractivity contribution in [1.29, 1.82) is 0 Å². The largest absolute Gasteiger partial charge is 0.497 e. The molecule has 0 saturated carbocycles.